The fourth-order valence-corrected chi connectivity index (χ4v) is 3.59. The van der Waals surface area contributed by atoms with Crippen LogP contribution in [0.15, 0.2) is 48.8 Å². The molecule has 0 aliphatic heterocycles. The number of aromatic nitrogens is 4. The molecule has 0 saturated carbocycles. The smallest absolute Gasteiger partial charge is 0.251 e. The molecule has 0 spiro atoms. The summed E-state index contributed by atoms with van der Waals surface area (Å²) in [5, 5.41) is 14.3. The third-order valence-corrected chi connectivity index (χ3v) is 5.24. The molecule has 1 heterocycles. The summed E-state index contributed by atoms with van der Waals surface area (Å²) < 4.78 is 6.96. The molecule has 0 bridgehead atoms. The fourth-order valence-electron chi connectivity index (χ4n) is 3.59. The zero-order chi connectivity index (χ0) is 21.5. The van der Waals surface area contributed by atoms with E-state index in [1.54, 1.807) is 17.9 Å². The molecule has 0 saturated heterocycles. The average molecular weight is 409 g/mol. The van der Waals surface area contributed by atoms with Gasteiger partial charge in [0.2, 0.25) is 0 Å². The molecule has 0 aliphatic carbocycles. The Hall–Kier alpha value is -3.26. The van der Waals surface area contributed by atoms with E-state index in [9.17, 15) is 4.79 Å². The van der Waals surface area contributed by atoms with Crippen LogP contribution in [0.3, 0.4) is 0 Å². The summed E-state index contributed by atoms with van der Waals surface area (Å²) in [6.07, 6.45) is 1.53. The number of methoxy groups -OCH3 is 1. The summed E-state index contributed by atoms with van der Waals surface area (Å²) in [6, 6.07) is 13.6. The van der Waals surface area contributed by atoms with Gasteiger partial charge in [-0.2, -0.15) is 0 Å². The lowest BCUT2D eigenvalue weighted by molar-refractivity contribution is 0.0935. The summed E-state index contributed by atoms with van der Waals surface area (Å²) in [6.45, 7) is 8.45. The Labute approximate surface area is 176 Å². The van der Waals surface area contributed by atoms with Gasteiger partial charge in [-0.3, -0.25) is 9.69 Å². The van der Waals surface area contributed by atoms with E-state index in [4.69, 9.17) is 4.74 Å². The highest BCUT2D eigenvalue weighted by atomic mass is 16.5. The van der Waals surface area contributed by atoms with Crippen molar-refractivity contribution in [1.29, 1.82) is 0 Å². The van der Waals surface area contributed by atoms with Crippen LogP contribution in [0.1, 0.15) is 41.4 Å². The van der Waals surface area contributed by atoms with Gasteiger partial charge < -0.3 is 10.1 Å². The second kappa shape index (κ2) is 9.98. The third-order valence-electron chi connectivity index (χ3n) is 5.24. The van der Waals surface area contributed by atoms with Crippen LogP contribution >= 0.6 is 0 Å². The molecule has 158 valence electrons. The molecule has 1 atom stereocenters. The highest BCUT2D eigenvalue weighted by molar-refractivity contribution is 5.94. The number of tetrazole rings is 1. The standard InChI is InChI=1S/C22H28N6O2/c1-5-27(6-2)21(17-8-7-9-19(13-17)30-4)14-23-22(29)18-10-11-20(16(3)12-18)28-15-24-25-26-28/h7-13,15,21H,5-6,14H2,1-4H3,(H,23,29). The maximum atomic E-state index is 12.9. The molecular formula is C22H28N6O2. The minimum atomic E-state index is -0.110. The van der Waals surface area contributed by atoms with Gasteiger partial charge >= 0.3 is 0 Å². The number of hydrogen-bond acceptors (Lipinski definition) is 6. The second-order valence-corrected chi connectivity index (χ2v) is 6.98. The third kappa shape index (κ3) is 4.83. The molecule has 30 heavy (non-hydrogen) atoms. The molecule has 0 aliphatic rings. The molecular weight excluding hydrogens is 380 g/mol. The quantitative estimate of drug-likeness (QED) is 0.586. The van der Waals surface area contributed by atoms with Crippen LogP contribution in [0.25, 0.3) is 5.69 Å². The highest BCUT2D eigenvalue weighted by Gasteiger charge is 2.20. The van der Waals surface area contributed by atoms with Gasteiger partial charge in [0.25, 0.3) is 5.91 Å². The molecule has 8 heteroatoms. The Morgan fingerprint density at radius 3 is 2.63 bits per heavy atom. The molecule has 1 aromatic heterocycles. The number of benzene rings is 2. The van der Waals surface area contributed by atoms with E-state index in [-0.39, 0.29) is 11.9 Å². The number of amides is 1. The maximum Gasteiger partial charge on any atom is 0.251 e. The van der Waals surface area contributed by atoms with Gasteiger partial charge in [-0.25, -0.2) is 4.68 Å². The van der Waals surface area contributed by atoms with E-state index in [0.29, 0.717) is 12.1 Å². The molecule has 2 aromatic carbocycles. The van der Waals surface area contributed by atoms with Crippen molar-refractivity contribution in [2.24, 2.45) is 0 Å². The van der Waals surface area contributed by atoms with Crippen molar-refractivity contribution >= 4 is 5.91 Å². The predicted molar refractivity (Wildman–Crippen MR) is 115 cm³/mol. The van der Waals surface area contributed by atoms with E-state index < -0.39 is 0 Å². The van der Waals surface area contributed by atoms with Gasteiger partial charge in [0, 0.05) is 12.1 Å². The minimum Gasteiger partial charge on any atom is -0.497 e. The van der Waals surface area contributed by atoms with Gasteiger partial charge in [0.1, 0.15) is 12.1 Å². The predicted octanol–water partition coefficient (Wildman–Crippen LogP) is 2.79. The van der Waals surface area contributed by atoms with Crippen molar-refractivity contribution in [3.63, 3.8) is 0 Å². The van der Waals surface area contributed by atoms with Gasteiger partial charge in [-0.15, -0.1) is 5.10 Å². The summed E-state index contributed by atoms with van der Waals surface area (Å²) in [4.78, 5) is 15.2. The first-order valence-corrected chi connectivity index (χ1v) is 10.1. The number of carbonyl (C=O) groups excluding carboxylic acids is 1. The van der Waals surface area contributed by atoms with E-state index >= 15 is 0 Å². The van der Waals surface area contributed by atoms with Gasteiger partial charge in [-0.05, 0) is 71.9 Å². The Morgan fingerprint density at radius 2 is 2.00 bits per heavy atom. The topological polar surface area (TPSA) is 85.2 Å². The number of hydrogen-bond donors (Lipinski definition) is 1. The van der Waals surface area contributed by atoms with Gasteiger partial charge in [0.15, 0.2) is 0 Å². The van der Waals surface area contributed by atoms with E-state index in [1.165, 1.54) is 6.33 Å². The number of aryl methyl sites for hydroxylation is 1. The van der Waals surface area contributed by atoms with Crippen LogP contribution in [0, 0.1) is 6.92 Å². The largest absolute Gasteiger partial charge is 0.497 e. The number of ether oxygens (including phenoxy) is 1. The Kier molecular flexibility index (Phi) is 7.13. The van der Waals surface area contributed by atoms with Crippen LogP contribution < -0.4 is 10.1 Å². The van der Waals surface area contributed by atoms with E-state index in [0.717, 1.165) is 35.7 Å². The second-order valence-electron chi connectivity index (χ2n) is 6.98. The van der Waals surface area contributed by atoms with Gasteiger partial charge in [-0.1, -0.05) is 26.0 Å². The minimum absolute atomic E-state index is 0.0562. The first-order valence-electron chi connectivity index (χ1n) is 10.1. The summed E-state index contributed by atoms with van der Waals surface area (Å²) in [5.74, 6) is 0.700. The molecule has 3 aromatic rings. The number of carbonyl (C=O) groups is 1. The summed E-state index contributed by atoms with van der Waals surface area (Å²) >= 11 is 0. The molecule has 3 rings (SSSR count). The monoisotopic (exact) mass is 408 g/mol. The van der Waals surface area contributed by atoms with Crippen LogP contribution in [0.4, 0.5) is 0 Å². The normalized spacial score (nSPS) is 12.0. The maximum absolute atomic E-state index is 12.9. The molecule has 1 amide bonds. The number of likely N-dealkylation sites (N-methyl/N-ethyl adjacent to an activating group) is 1. The zero-order valence-electron chi connectivity index (χ0n) is 17.9. The van der Waals surface area contributed by atoms with Crippen molar-refractivity contribution in [2.45, 2.75) is 26.8 Å². The fraction of sp³-hybridized carbons (Fsp3) is 0.364. The van der Waals surface area contributed by atoms with Crippen molar-refractivity contribution < 1.29 is 9.53 Å². The number of nitrogens with one attached hydrogen (secondary N) is 1. The first kappa shape index (κ1) is 21.4. The SMILES string of the molecule is CCN(CC)C(CNC(=O)c1ccc(-n2cnnn2)c(C)c1)c1cccc(OC)c1. The Bertz CT molecular complexity index is 970. The van der Waals surface area contributed by atoms with Gasteiger partial charge in [0.05, 0.1) is 18.8 Å². The first-order chi connectivity index (χ1) is 14.6. The Balaban J connectivity index is 1.76. The van der Waals surface area contributed by atoms with Crippen LogP contribution in [-0.2, 0) is 0 Å². The molecule has 0 radical (unpaired) electrons. The lowest BCUT2D eigenvalue weighted by Gasteiger charge is -2.30. The lowest BCUT2D eigenvalue weighted by Crippen LogP contribution is -2.38. The van der Waals surface area contributed by atoms with Crippen molar-refractivity contribution in [3.05, 3.63) is 65.5 Å². The Morgan fingerprint density at radius 1 is 1.20 bits per heavy atom. The number of rotatable bonds is 9. The lowest BCUT2D eigenvalue weighted by atomic mass is 10.0. The van der Waals surface area contributed by atoms with E-state index in [2.05, 4.69) is 45.7 Å². The highest BCUT2D eigenvalue weighted by Crippen LogP contribution is 2.24. The van der Waals surface area contributed by atoms with Crippen molar-refractivity contribution in [1.82, 2.24) is 30.4 Å². The van der Waals surface area contributed by atoms with Crippen molar-refractivity contribution in [3.8, 4) is 11.4 Å². The molecule has 0 fully saturated rings. The molecule has 1 unspecified atom stereocenters. The van der Waals surface area contributed by atoms with Crippen molar-refractivity contribution in [2.75, 3.05) is 26.7 Å². The summed E-state index contributed by atoms with van der Waals surface area (Å²) in [5.41, 5.74) is 3.48. The molecule has 8 nitrogen and oxygen atoms in total. The van der Waals surface area contributed by atoms with E-state index in [1.807, 2.05) is 37.3 Å². The molecule has 1 N–H and O–H groups in total. The van der Waals surface area contributed by atoms with Crippen LogP contribution in [-0.4, -0.2) is 57.8 Å². The summed E-state index contributed by atoms with van der Waals surface area (Å²) in [7, 11) is 1.66. The number of nitrogens with zero attached hydrogens (tertiary/aromatic N) is 5. The van der Waals surface area contributed by atoms with Crippen LogP contribution in [0.2, 0.25) is 0 Å². The zero-order valence-corrected chi connectivity index (χ0v) is 17.9. The average Bonchev–Trinajstić information content (AvgIpc) is 3.31. The van der Waals surface area contributed by atoms with Crippen LogP contribution in [0.5, 0.6) is 5.75 Å².